The number of ether oxygens (including phenoxy) is 1. The Morgan fingerprint density at radius 1 is 1.36 bits per heavy atom. The Bertz CT molecular complexity index is 966. The molecule has 3 aromatic rings. The number of pyridine rings is 2. The monoisotopic (exact) mass is 405 g/mol. The molecule has 4 rings (SSSR count). The van der Waals surface area contributed by atoms with Gasteiger partial charge in [0.25, 0.3) is 0 Å². The second-order valence-electron chi connectivity index (χ2n) is 6.71. The van der Waals surface area contributed by atoms with Gasteiger partial charge in [-0.1, -0.05) is 0 Å². The van der Waals surface area contributed by atoms with Crippen molar-refractivity contribution in [2.75, 3.05) is 31.3 Å². The van der Waals surface area contributed by atoms with Gasteiger partial charge in [0.05, 0.1) is 0 Å². The molecule has 0 spiro atoms. The Hall–Kier alpha value is -2.16. The number of nitrogens with one attached hydrogen (secondary N) is 1. The molecule has 4 heterocycles. The molecule has 1 fully saturated rings. The molecule has 0 unspecified atom stereocenters. The first-order valence-electron chi connectivity index (χ1n) is 9.24. The summed E-state index contributed by atoms with van der Waals surface area (Å²) in [6.07, 6.45) is 3.26. The van der Waals surface area contributed by atoms with E-state index in [0.29, 0.717) is 53.2 Å². The van der Waals surface area contributed by atoms with E-state index in [4.69, 9.17) is 14.2 Å². The standard InChI is InChI=1S/C18H24N5O4P/c1-3-27-28(24,25)15-10-16(23-8-9-26-11-12(23)2)21-17-13(15)4-6-19-18(17)14-5-7-20-22-14/h4-7,10,12,24-25,28H,3,8-9,11H2,1-2H3,(H,20,22)/t12-/m1/s1. The van der Waals surface area contributed by atoms with Crippen LogP contribution in [-0.2, 0) is 9.26 Å². The summed E-state index contributed by atoms with van der Waals surface area (Å²) in [5.74, 6) is 0.645. The number of aromatic amines is 1. The molecule has 3 N–H and O–H groups in total. The summed E-state index contributed by atoms with van der Waals surface area (Å²) in [4.78, 5) is 32.9. The predicted octanol–water partition coefficient (Wildman–Crippen LogP) is 1.39. The van der Waals surface area contributed by atoms with Crippen LogP contribution in [0.25, 0.3) is 22.3 Å². The molecular formula is C18H24N5O4P. The van der Waals surface area contributed by atoms with E-state index in [9.17, 15) is 9.79 Å². The molecule has 0 amide bonds. The molecule has 0 aromatic carbocycles. The molecule has 10 heteroatoms. The molecule has 1 aliphatic heterocycles. The van der Waals surface area contributed by atoms with Crippen molar-refractivity contribution in [2.24, 2.45) is 0 Å². The maximum absolute atomic E-state index is 10.8. The van der Waals surface area contributed by atoms with Gasteiger partial charge in [-0.25, -0.2) is 0 Å². The molecule has 3 aromatic heterocycles. The Morgan fingerprint density at radius 3 is 2.93 bits per heavy atom. The molecule has 150 valence electrons. The van der Waals surface area contributed by atoms with Crippen LogP contribution >= 0.6 is 7.94 Å². The number of rotatable bonds is 5. The van der Waals surface area contributed by atoms with Gasteiger partial charge in [0.2, 0.25) is 0 Å². The predicted molar refractivity (Wildman–Crippen MR) is 109 cm³/mol. The third kappa shape index (κ3) is 3.47. The minimum atomic E-state index is -4.12. The second kappa shape index (κ2) is 7.69. The van der Waals surface area contributed by atoms with Gasteiger partial charge in [-0.2, -0.15) is 0 Å². The summed E-state index contributed by atoms with van der Waals surface area (Å²) in [5, 5.41) is 7.87. The molecule has 0 aliphatic carbocycles. The number of H-pyrrole nitrogens is 1. The van der Waals surface area contributed by atoms with Crippen LogP contribution in [0.2, 0.25) is 0 Å². The molecule has 0 saturated carbocycles. The SMILES string of the molecule is CCO[PH](O)(O)c1cc(N2CCOC[C@H]2C)nc2c(-c3ccn[nH]3)nccc12. The maximum atomic E-state index is 10.8. The summed E-state index contributed by atoms with van der Waals surface area (Å²) in [6, 6.07) is 5.37. The van der Waals surface area contributed by atoms with Crippen LogP contribution in [-0.4, -0.2) is 62.4 Å². The second-order valence-corrected chi connectivity index (χ2v) is 8.76. The fourth-order valence-electron chi connectivity index (χ4n) is 3.49. The van der Waals surface area contributed by atoms with Crippen LogP contribution in [0.4, 0.5) is 5.82 Å². The van der Waals surface area contributed by atoms with Gasteiger partial charge in [0.15, 0.2) is 0 Å². The van der Waals surface area contributed by atoms with Gasteiger partial charge >= 0.3 is 162 Å². The zero-order valence-corrected chi connectivity index (χ0v) is 16.8. The van der Waals surface area contributed by atoms with E-state index in [0.717, 1.165) is 0 Å². The van der Waals surface area contributed by atoms with Crippen LogP contribution in [0.15, 0.2) is 30.6 Å². The van der Waals surface area contributed by atoms with Crippen molar-refractivity contribution < 1.29 is 19.0 Å². The number of nitrogens with zero attached hydrogens (tertiary/aromatic N) is 4. The Morgan fingerprint density at radius 2 is 2.21 bits per heavy atom. The van der Waals surface area contributed by atoms with Crippen molar-refractivity contribution in [3.8, 4) is 11.4 Å². The van der Waals surface area contributed by atoms with Gasteiger partial charge in [0, 0.05) is 0 Å². The summed E-state index contributed by atoms with van der Waals surface area (Å²) in [5.41, 5.74) is 1.87. The average molecular weight is 405 g/mol. The number of hydrogen-bond donors (Lipinski definition) is 3. The first kappa shape index (κ1) is 19.2. The third-order valence-corrected chi connectivity index (χ3v) is 6.64. The van der Waals surface area contributed by atoms with Gasteiger partial charge in [-0.3, -0.25) is 0 Å². The fourth-order valence-corrected chi connectivity index (χ4v) is 4.91. The van der Waals surface area contributed by atoms with E-state index in [1.165, 1.54) is 0 Å². The molecule has 1 aliphatic rings. The van der Waals surface area contributed by atoms with Crippen LogP contribution in [0.5, 0.6) is 0 Å². The molecule has 9 nitrogen and oxygen atoms in total. The van der Waals surface area contributed by atoms with Crippen molar-refractivity contribution in [1.29, 1.82) is 0 Å². The number of aromatic nitrogens is 4. The topological polar surface area (TPSA) is 117 Å². The van der Waals surface area contributed by atoms with E-state index >= 15 is 0 Å². The molecular weight excluding hydrogens is 381 g/mol. The van der Waals surface area contributed by atoms with E-state index < -0.39 is 7.94 Å². The first-order chi connectivity index (χ1) is 13.5. The zero-order chi connectivity index (χ0) is 19.7. The minimum absolute atomic E-state index is 0.111. The van der Waals surface area contributed by atoms with Crippen molar-refractivity contribution in [1.82, 2.24) is 20.2 Å². The summed E-state index contributed by atoms with van der Waals surface area (Å²) in [7, 11) is -4.12. The summed E-state index contributed by atoms with van der Waals surface area (Å²) < 4.78 is 10.9. The molecule has 28 heavy (non-hydrogen) atoms. The number of hydrogen-bond acceptors (Lipinski definition) is 8. The van der Waals surface area contributed by atoms with Crippen LogP contribution in [0, 0.1) is 0 Å². The fraction of sp³-hybridized carbons (Fsp3) is 0.389. The van der Waals surface area contributed by atoms with E-state index in [1.54, 1.807) is 37.5 Å². The van der Waals surface area contributed by atoms with E-state index in [2.05, 4.69) is 27.0 Å². The van der Waals surface area contributed by atoms with Crippen LogP contribution < -0.4 is 10.2 Å². The molecule has 1 saturated heterocycles. The average Bonchev–Trinajstić information content (AvgIpc) is 3.21. The van der Waals surface area contributed by atoms with Crippen LogP contribution in [0.1, 0.15) is 13.8 Å². The van der Waals surface area contributed by atoms with Gasteiger partial charge in [-0.15, -0.1) is 0 Å². The Balaban J connectivity index is 1.97. The zero-order valence-electron chi connectivity index (χ0n) is 15.8. The molecule has 0 radical (unpaired) electrons. The first-order valence-corrected chi connectivity index (χ1v) is 11.0. The number of anilines is 1. The van der Waals surface area contributed by atoms with Gasteiger partial charge in [-0.05, 0) is 0 Å². The van der Waals surface area contributed by atoms with Gasteiger partial charge < -0.3 is 0 Å². The van der Waals surface area contributed by atoms with E-state index in [1.807, 2.05) is 0 Å². The van der Waals surface area contributed by atoms with Crippen molar-refractivity contribution in [3.63, 3.8) is 0 Å². The van der Waals surface area contributed by atoms with Crippen LogP contribution in [0.3, 0.4) is 0 Å². The summed E-state index contributed by atoms with van der Waals surface area (Å²) >= 11 is 0. The molecule has 1 atom stereocenters. The van der Waals surface area contributed by atoms with Crippen molar-refractivity contribution in [3.05, 3.63) is 30.6 Å². The Labute approximate surface area is 162 Å². The number of morpholine rings is 1. The quantitative estimate of drug-likeness (QED) is 0.545. The van der Waals surface area contributed by atoms with Crippen molar-refractivity contribution in [2.45, 2.75) is 19.9 Å². The number of fused-ring (bicyclic) bond motifs is 1. The third-order valence-electron chi connectivity index (χ3n) is 4.83. The normalized spacial score (nSPS) is 18.6. The van der Waals surface area contributed by atoms with Crippen molar-refractivity contribution >= 4 is 30.0 Å². The van der Waals surface area contributed by atoms with Gasteiger partial charge in [0.1, 0.15) is 0 Å². The Kier molecular flexibility index (Phi) is 5.27. The van der Waals surface area contributed by atoms with E-state index in [-0.39, 0.29) is 12.6 Å². The molecule has 0 bridgehead atoms. The summed E-state index contributed by atoms with van der Waals surface area (Å²) in [6.45, 7) is 5.83.